The minimum absolute atomic E-state index is 0.131. The van der Waals surface area contributed by atoms with Crippen LogP contribution in [-0.4, -0.2) is 18.5 Å². The van der Waals surface area contributed by atoms with Crippen LogP contribution in [-0.2, 0) is 14.3 Å². The van der Waals surface area contributed by atoms with Crippen LogP contribution in [0.5, 0.6) is 0 Å². The van der Waals surface area contributed by atoms with E-state index in [1.807, 2.05) is 33.8 Å². The van der Waals surface area contributed by atoms with E-state index in [0.29, 0.717) is 5.69 Å². The number of aryl methyl sites for hydroxylation is 1. The molecule has 0 aromatic heterocycles. The van der Waals surface area contributed by atoms with Crippen molar-refractivity contribution >= 4 is 17.6 Å². The van der Waals surface area contributed by atoms with Gasteiger partial charge in [0.15, 0.2) is 0 Å². The van der Waals surface area contributed by atoms with Crippen molar-refractivity contribution in [3.05, 3.63) is 28.3 Å². The zero-order valence-corrected chi connectivity index (χ0v) is 13.0. The Bertz CT molecular complexity index is 615. The summed E-state index contributed by atoms with van der Waals surface area (Å²) in [7, 11) is 0. The van der Waals surface area contributed by atoms with Crippen LogP contribution in [0.2, 0.25) is 0 Å². The molecule has 1 amide bonds. The summed E-state index contributed by atoms with van der Waals surface area (Å²) in [5.74, 6) is -2.94. The van der Waals surface area contributed by atoms with Gasteiger partial charge in [-0.15, -0.1) is 0 Å². The van der Waals surface area contributed by atoms with Gasteiger partial charge in [0.1, 0.15) is 0 Å². The first kappa shape index (κ1) is 16.7. The molecule has 5 nitrogen and oxygen atoms in total. The largest absolute Gasteiger partial charge is 0.465 e. The van der Waals surface area contributed by atoms with Crippen molar-refractivity contribution < 1.29 is 14.3 Å². The standard InChI is InChI=1S/C16H20N2O3/c1-6-21-16(20)13(8-17)15(19)18-14-7-9(2)10(3)11(4)12(14)5/h7,13H,6H2,1-5H3,(H,18,19). The molecule has 112 valence electrons. The van der Waals surface area contributed by atoms with Gasteiger partial charge in [0, 0.05) is 5.69 Å². The Kier molecular flexibility index (Phi) is 5.48. The predicted molar refractivity (Wildman–Crippen MR) is 79.8 cm³/mol. The average molecular weight is 288 g/mol. The molecule has 0 fully saturated rings. The van der Waals surface area contributed by atoms with Crippen LogP contribution in [0.25, 0.3) is 0 Å². The van der Waals surface area contributed by atoms with Crippen LogP contribution in [0.1, 0.15) is 29.2 Å². The number of nitrogens with one attached hydrogen (secondary N) is 1. The van der Waals surface area contributed by atoms with Gasteiger partial charge in [0.25, 0.3) is 5.91 Å². The molecule has 1 N–H and O–H groups in total. The van der Waals surface area contributed by atoms with Crippen molar-refractivity contribution in [1.82, 2.24) is 0 Å². The predicted octanol–water partition coefficient (Wildman–Crippen LogP) is 2.56. The van der Waals surface area contributed by atoms with Crippen LogP contribution >= 0.6 is 0 Å². The summed E-state index contributed by atoms with van der Waals surface area (Å²) >= 11 is 0. The van der Waals surface area contributed by atoms with Crippen LogP contribution in [0.3, 0.4) is 0 Å². The number of esters is 1. The second kappa shape index (κ2) is 6.89. The fourth-order valence-electron chi connectivity index (χ4n) is 1.99. The number of benzene rings is 1. The van der Waals surface area contributed by atoms with Gasteiger partial charge in [-0.3, -0.25) is 9.59 Å². The van der Waals surface area contributed by atoms with Gasteiger partial charge in [0.2, 0.25) is 5.92 Å². The Morgan fingerprint density at radius 1 is 1.24 bits per heavy atom. The first-order valence-electron chi connectivity index (χ1n) is 6.78. The number of anilines is 1. The zero-order chi connectivity index (χ0) is 16.2. The third kappa shape index (κ3) is 3.60. The smallest absolute Gasteiger partial charge is 0.333 e. The molecule has 1 aromatic rings. The highest BCUT2D eigenvalue weighted by Gasteiger charge is 2.28. The molecule has 0 spiro atoms. The van der Waals surface area contributed by atoms with Crippen LogP contribution < -0.4 is 5.32 Å². The minimum Gasteiger partial charge on any atom is -0.465 e. The molecule has 1 atom stereocenters. The number of rotatable bonds is 4. The number of amides is 1. The Balaban J connectivity index is 3.04. The number of nitrogens with zero attached hydrogens (tertiary/aromatic N) is 1. The third-order valence-corrected chi connectivity index (χ3v) is 3.65. The number of nitriles is 1. The molecule has 0 heterocycles. The summed E-state index contributed by atoms with van der Waals surface area (Å²) in [4.78, 5) is 23.7. The molecular weight excluding hydrogens is 268 g/mol. The van der Waals surface area contributed by atoms with E-state index in [1.54, 1.807) is 13.0 Å². The summed E-state index contributed by atoms with van der Waals surface area (Å²) in [6.07, 6.45) is 0. The lowest BCUT2D eigenvalue weighted by Crippen LogP contribution is -2.30. The van der Waals surface area contributed by atoms with Crippen molar-refractivity contribution in [2.24, 2.45) is 5.92 Å². The van der Waals surface area contributed by atoms with Gasteiger partial charge < -0.3 is 10.1 Å². The average Bonchev–Trinajstić information content (AvgIpc) is 2.43. The van der Waals surface area contributed by atoms with Gasteiger partial charge >= 0.3 is 5.97 Å². The Hall–Kier alpha value is -2.35. The summed E-state index contributed by atoms with van der Waals surface area (Å²) in [5, 5.41) is 11.6. The molecule has 5 heteroatoms. The highest BCUT2D eigenvalue weighted by Crippen LogP contribution is 2.25. The van der Waals surface area contributed by atoms with E-state index in [0.717, 1.165) is 22.3 Å². The summed E-state index contributed by atoms with van der Waals surface area (Å²) < 4.78 is 4.73. The molecule has 0 saturated carbocycles. The number of ether oxygens (including phenoxy) is 1. The highest BCUT2D eigenvalue weighted by molar-refractivity contribution is 6.07. The lowest BCUT2D eigenvalue weighted by atomic mass is 9.97. The van der Waals surface area contributed by atoms with Crippen molar-refractivity contribution in [1.29, 1.82) is 5.26 Å². The first-order valence-corrected chi connectivity index (χ1v) is 6.78. The molecule has 0 aliphatic carbocycles. The maximum Gasteiger partial charge on any atom is 0.333 e. The minimum atomic E-state index is -1.45. The quantitative estimate of drug-likeness (QED) is 0.682. The van der Waals surface area contributed by atoms with Gasteiger partial charge in [-0.25, -0.2) is 0 Å². The summed E-state index contributed by atoms with van der Waals surface area (Å²) in [5.41, 5.74) is 4.82. The van der Waals surface area contributed by atoms with E-state index in [1.165, 1.54) is 0 Å². The fourth-order valence-corrected chi connectivity index (χ4v) is 1.99. The molecule has 1 rings (SSSR count). The van der Waals surface area contributed by atoms with Crippen LogP contribution in [0, 0.1) is 44.9 Å². The topological polar surface area (TPSA) is 79.2 Å². The molecule has 0 bridgehead atoms. The number of carbonyl (C=O) groups excluding carboxylic acids is 2. The van der Waals surface area contributed by atoms with E-state index in [-0.39, 0.29) is 6.61 Å². The number of carbonyl (C=O) groups is 2. The van der Waals surface area contributed by atoms with Crippen molar-refractivity contribution in [2.75, 3.05) is 11.9 Å². The maximum atomic E-state index is 12.1. The zero-order valence-electron chi connectivity index (χ0n) is 13.0. The van der Waals surface area contributed by atoms with Gasteiger partial charge in [0.05, 0.1) is 12.7 Å². The van der Waals surface area contributed by atoms with Crippen molar-refractivity contribution in [3.63, 3.8) is 0 Å². The summed E-state index contributed by atoms with van der Waals surface area (Å²) in [6, 6.07) is 3.52. The van der Waals surface area contributed by atoms with E-state index < -0.39 is 17.8 Å². The molecule has 0 saturated heterocycles. The molecular formula is C16H20N2O3. The van der Waals surface area contributed by atoms with Gasteiger partial charge in [-0.1, -0.05) is 0 Å². The lowest BCUT2D eigenvalue weighted by Gasteiger charge is -2.16. The highest BCUT2D eigenvalue weighted by atomic mass is 16.5. The molecule has 1 unspecified atom stereocenters. The number of hydrogen-bond donors (Lipinski definition) is 1. The van der Waals surface area contributed by atoms with E-state index in [2.05, 4.69) is 5.32 Å². The van der Waals surface area contributed by atoms with Crippen LogP contribution in [0.15, 0.2) is 6.07 Å². The molecule has 21 heavy (non-hydrogen) atoms. The first-order chi connectivity index (χ1) is 9.83. The number of hydrogen-bond acceptors (Lipinski definition) is 4. The molecule has 1 aromatic carbocycles. The SMILES string of the molecule is CCOC(=O)C(C#N)C(=O)Nc1cc(C)c(C)c(C)c1C. The second-order valence-electron chi connectivity index (χ2n) is 4.92. The van der Waals surface area contributed by atoms with Gasteiger partial charge in [-0.2, -0.15) is 5.26 Å². The van der Waals surface area contributed by atoms with E-state index in [4.69, 9.17) is 10.00 Å². The lowest BCUT2D eigenvalue weighted by molar-refractivity contribution is -0.148. The second-order valence-corrected chi connectivity index (χ2v) is 4.92. The Labute approximate surface area is 124 Å². The molecule has 0 aliphatic heterocycles. The summed E-state index contributed by atoms with van der Waals surface area (Å²) in [6.45, 7) is 9.58. The van der Waals surface area contributed by atoms with Gasteiger partial charge in [-0.05, 0) is 62.9 Å². The fraction of sp³-hybridized carbons (Fsp3) is 0.438. The maximum absolute atomic E-state index is 12.1. The Morgan fingerprint density at radius 2 is 1.86 bits per heavy atom. The third-order valence-electron chi connectivity index (χ3n) is 3.65. The normalized spacial score (nSPS) is 11.4. The van der Waals surface area contributed by atoms with Crippen molar-refractivity contribution in [3.8, 4) is 6.07 Å². The molecule has 0 radical (unpaired) electrons. The van der Waals surface area contributed by atoms with E-state index >= 15 is 0 Å². The Morgan fingerprint density at radius 3 is 2.38 bits per heavy atom. The van der Waals surface area contributed by atoms with E-state index in [9.17, 15) is 9.59 Å². The molecule has 0 aliphatic rings. The monoisotopic (exact) mass is 288 g/mol. The van der Waals surface area contributed by atoms with Crippen molar-refractivity contribution in [2.45, 2.75) is 34.6 Å². The van der Waals surface area contributed by atoms with Crippen LogP contribution in [0.4, 0.5) is 5.69 Å².